The maximum atomic E-state index is 2.36. The summed E-state index contributed by atoms with van der Waals surface area (Å²) in [5.41, 5.74) is 4.36. The second-order valence-electron chi connectivity index (χ2n) is 4.36. The van der Waals surface area contributed by atoms with Crippen LogP contribution in [-0.4, -0.2) is 4.57 Å². The zero-order valence-electron chi connectivity index (χ0n) is 11.0. The fraction of sp³-hybridized carbons (Fsp3) is 0.375. The predicted molar refractivity (Wildman–Crippen MR) is 76.0 cm³/mol. The monoisotopic (exact) mass is 227 g/mol. The summed E-state index contributed by atoms with van der Waals surface area (Å²) in [7, 11) is 0. The number of hydrogen-bond donors (Lipinski definition) is 0. The van der Waals surface area contributed by atoms with E-state index in [1.807, 2.05) is 0 Å². The van der Waals surface area contributed by atoms with Crippen molar-refractivity contribution in [1.29, 1.82) is 0 Å². The van der Waals surface area contributed by atoms with E-state index >= 15 is 0 Å². The first-order valence-electron chi connectivity index (χ1n) is 6.59. The van der Waals surface area contributed by atoms with Gasteiger partial charge in [-0.2, -0.15) is 0 Å². The van der Waals surface area contributed by atoms with Gasteiger partial charge in [0.05, 0.1) is 5.52 Å². The molecule has 2 rings (SSSR count). The Kier molecular flexibility index (Phi) is 3.68. The first-order chi connectivity index (χ1) is 8.31. The van der Waals surface area contributed by atoms with Gasteiger partial charge in [0.25, 0.3) is 0 Å². The summed E-state index contributed by atoms with van der Waals surface area (Å²) in [6.07, 6.45) is 5.59. The highest BCUT2D eigenvalue weighted by molar-refractivity contribution is 5.83. The molecule has 0 aliphatic carbocycles. The number of hydrogen-bond acceptors (Lipinski definition) is 0. The summed E-state index contributed by atoms with van der Waals surface area (Å²) < 4.78 is 2.36. The van der Waals surface area contributed by atoms with E-state index in [-0.39, 0.29) is 0 Å². The van der Waals surface area contributed by atoms with E-state index in [1.54, 1.807) is 5.57 Å². The molecule has 0 fully saturated rings. The molecule has 0 radical (unpaired) electrons. The lowest BCUT2D eigenvalue weighted by Crippen LogP contribution is -1.98. The Hall–Kier alpha value is -1.50. The Balaban J connectivity index is 2.62. The molecule has 0 unspecified atom stereocenters. The van der Waals surface area contributed by atoms with Crippen LogP contribution in [0.4, 0.5) is 0 Å². The number of aromatic nitrogens is 1. The summed E-state index contributed by atoms with van der Waals surface area (Å²) in [5.74, 6) is 0. The van der Waals surface area contributed by atoms with Crippen LogP contribution < -0.4 is 0 Å². The first-order valence-corrected chi connectivity index (χ1v) is 6.59. The van der Waals surface area contributed by atoms with Crippen LogP contribution in [0.5, 0.6) is 0 Å². The molecule has 1 heteroatoms. The van der Waals surface area contributed by atoms with Crippen LogP contribution in [0.15, 0.2) is 42.1 Å². The lowest BCUT2D eigenvalue weighted by molar-refractivity contribution is 0.920. The number of para-hydroxylation sites is 1. The van der Waals surface area contributed by atoms with Crippen molar-refractivity contribution in [3.8, 4) is 0 Å². The minimum Gasteiger partial charge on any atom is -0.320 e. The second-order valence-corrected chi connectivity index (χ2v) is 4.36. The Labute approximate surface area is 104 Å². The highest BCUT2D eigenvalue weighted by atomic mass is 15.0. The van der Waals surface area contributed by atoms with Crippen molar-refractivity contribution in [3.05, 3.63) is 42.1 Å². The van der Waals surface area contributed by atoms with Crippen LogP contribution in [0.1, 0.15) is 40.0 Å². The normalized spacial score (nSPS) is 10.8. The van der Waals surface area contributed by atoms with Gasteiger partial charge < -0.3 is 4.57 Å². The molecule has 1 aromatic heterocycles. The smallest absolute Gasteiger partial charge is 0.0525 e. The molecular weight excluding hydrogens is 206 g/mol. The Bertz CT molecular complexity index is 525. The van der Waals surface area contributed by atoms with E-state index < -0.39 is 0 Å². The summed E-state index contributed by atoms with van der Waals surface area (Å²) in [6.45, 7) is 6.75. The van der Waals surface area contributed by atoms with E-state index in [2.05, 4.69) is 61.9 Å². The second kappa shape index (κ2) is 5.22. The Morgan fingerprint density at radius 3 is 2.29 bits per heavy atom. The van der Waals surface area contributed by atoms with Gasteiger partial charge in [0.1, 0.15) is 0 Å². The molecular formula is C16H21N. The molecule has 0 bridgehead atoms. The van der Waals surface area contributed by atoms with Gasteiger partial charge in [-0.05, 0) is 36.8 Å². The van der Waals surface area contributed by atoms with Gasteiger partial charge in [0.15, 0.2) is 0 Å². The van der Waals surface area contributed by atoms with Gasteiger partial charge in [-0.3, -0.25) is 0 Å². The van der Waals surface area contributed by atoms with Crippen molar-refractivity contribution in [2.45, 2.75) is 40.0 Å². The highest BCUT2D eigenvalue weighted by Gasteiger charge is 2.07. The van der Waals surface area contributed by atoms with E-state index in [1.165, 1.54) is 16.6 Å². The molecule has 1 aromatic carbocycles. The standard InChI is InChI=1S/C16H21N/c1-4-13(5-2)15(6-3)17-12-11-14-9-7-8-10-16(14)17/h7-12H,4-6H2,1-3H3. The average Bonchev–Trinajstić information content (AvgIpc) is 2.79. The van der Waals surface area contributed by atoms with Crippen molar-refractivity contribution in [2.75, 3.05) is 0 Å². The summed E-state index contributed by atoms with van der Waals surface area (Å²) in [6, 6.07) is 10.8. The molecule has 0 atom stereocenters. The third-order valence-electron chi connectivity index (χ3n) is 3.49. The van der Waals surface area contributed by atoms with Crippen molar-refractivity contribution < 1.29 is 0 Å². The lowest BCUT2D eigenvalue weighted by atomic mass is 10.1. The number of benzene rings is 1. The zero-order chi connectivity index (χ0) is 12.3. The number of fused-ring (bicyclic) bond motifs is 1. The number of rotatable bonds is 4. The fourth-order valence-electron chi connectivity index (χ4n) is 2.57. The van der Waals surface area contributed by atoms with Crippen LogP contribution in [0.25, 0.3) is 16.6 Å². The van der Waals surface area contributed by atoms with Gasteiger partial charge in [0.2, 0.25) is 0 Å². The summed E-state index contributed by atoms with van der Waals surface area (Å²) in [5, 5.41) is 1.32. The molecule has 17 heavy (non-hydrogen) atoms. The molecule has 2 aromatic rings. The van der Waals surface area contributed by atoms with E-state index in [0.29, 0.717) is 0 Å². The van der Waals surface area contributed by atoms with Crippen LogP contribution >= 0.6 is 0 Å². The fourth-order valence-corrected chi connectivity index (χ4v) is 2.57. The van der Waals surface area contributed by atoms with Crippen LogP contribution in [-0.2, 0) is 0 Å². The maximum Gasteiger partial charge on any atom is 0.0525 e. The molecule has 1 heterocycles. The maximum absolute atomic E-state index is 2.36. The lowest BCUT2D eigenvalue weighted by Gasteiger charge is -2.14. The van der Waals surface area contributed by atoms with Gasteiger partial charge in [-0.15, -0.1) is 0 Å². The molecule has 0 saturated heterocycles. The van der Waals surface area contributed by atoms with Crippen molar-refractivity contribution in [3.63, 3.8) is 0 Å². The zero-order valence-corrected chi connectivity index (χ0v) is 11.0. The van der Waals surface area contributed by atoms with Gasteiger partial charge in [-0.1, -0.05) is 44.5 Å². The van der Waals surface area contributed by atoms with Crippen molar-refractivity contribution >= 4 is 16.6 Å². The summed E-state index contributed by atoms with van der Waals surface area (Å²) >= 11 is 0. The Morgan fingerprint density at radius 1 is 0.941 bits per heavy atom. The van der Waals surface area contributed by atoms with Crippen LogP contribution in [0.3, 0.4) is 0 Å². The quantitative estimate of drug-likeness (QED) is 0.686. The number of allylic oxidation sites excluding steroid dienone is 2. The first kappa shape index (κ1) is 12.0. The summed E-state index contributed by atoms with van der Waals surface area (Å²) in [4.78, 5) is 0. The molecule has 0 spiro atoms. The van der Waals surface area contributed by atoms with Gasteiger partial charge >= 0.3 is 0 Å². The number of nitrogens with zero attached hydrogens (tertiary/aromatic N) is 1. The minimum atomic E-state index is 1.09. The highest BCUT2D eigenvalue weighted by Crippen LogP contribution is 2.26. The molecule has 0 aliphatic heterocycles. The molecule has 1 nitrogen and oxygen atoms in total. The van der Waals surface area contributed by atoms with Gasteiger partial charge in [0, 0.05) is 11.9 Å². The Morgan fingerprint density at radius 2 is 1.65 bits per heavy atom. The largest absolute Gasteiger partial charge is 0.320 e. The van der Waals surface area contributed by atoms with E-state index in [4.69, 9.17) is 0 Å². The minimum absolute atomic E-state index is 1.09. The molecule has 0 amide bonds. The molecule has 0 N–H and O–H groups in total. The van der Waals surface area contributed by atoms with Crippen molar-refractivity contribution in [2.24, 2.45) is 0 Å². The molecule has 0 saturated carbocycles. The third kappa shape index (κ3) is 2.14. The predicted octanol–water partition coefficient (Wildman–Crippen LogP) is 5.08. The molecule has 90 valence electrons. The van der Waals surface area contributed by atoms with Gasteiger partial charge in [-0.25, -0.2) is 0 Å². The van der Waals surface area contributed by atoms with Crippen molar-refractivity contribution in [1.82, 2.24) is 4.57 Å². The molecule has 0 aliphatic rings. The topological polar surface area (TPSA) is 4.93 Å². The van der Waals surface area contributed by atoms with Crippen LogP contribution in [0.2, 0.25) is 0 Å². The van der Waals surface area contributed by atoms with Crippen LogP contribution in [0, 0.1) is 0 Å². The third-order valence-corrected chi connectivity index (χ3v) is 3.49. The average molecular weight is 227 g/mol. The van der Waals surface area contributed by atoms with E-state index in [0.717, 1.165) is 19.3 Å². The van der Waals surface area contributed by atoms with E-state index in [9.17, 15) is 0 Å². The SMILES string of the molecule is CCC(CC)=C(CC)n1ccc2ccccc21.